The number of hydrogen-bond acceptors (Lipinski definition) is 6. The molecular weight excluding hydrogens is 380 g/mol. The highest BCUT2D eigenvalue weighted by atomic mass is 16.5. The SMILES string of the molecule is COc1ccc([C@H]2Oc3ccccc3[C@H]3CC(c4ccccc4O)=NN32)c(OC)c1. The summed E-state index contributed by atoms with van der Waals surface area (Å²) in [4.78, 5) is 0. The highest BCUT2D eigenvalue weighted by molar-refractivity contribution is 6.04. The van der Waals surface area contributed by atoms with Crippen LogP contribution < -0.4 is 14.2 Å². The van der Waals surface area contributed by atoms with E-state index in [1.807, 2.05) is 59.6 Å². The first-order chi connectivity index (χ1) is 14.7. The summed E-state index contributed by atoms with van der Waals surface area (Å²) in [7, 11) is 3.26. The summed E-state index contributed by atoms with van der Waals surface area (Å²) in [6.07, 6.45) is 0.210. The third-order valence-corrected chi connectivity index (χ3v) is 5.62. The molecule has 0 saturated heterocycles. The van der Waals surface area contributed by atoms with Crippen molar-refractivity contribution in [3.05, 3.63) is 83.4 Å². The van der Waals surface area contributed by atoms with E-state index in [1.165, 1.54) is 0 Å². The first-order valence-corrected chi connectivity index (χ1v) is 9.81. The summed E-state index contributed by atoms with van der Waals surface area (Å²) < 4.78 is 17.4. The van der Waals surface area contributed by atoms with Crippen molar-refractivity contribution in [1.29, 1.82) is 0 Å². The number of ether oxygens (including phenoxy) is 3. The van der Waals surface area contributed by atoms with Gasteiger partial charge in [0.2, 0.25) is 6.23 Å². The smallest absolute Gasteiger partial charge is 0.217 e. The van der Waals surface area contributed by atoms with Gasteiger partial charge in [0.25, 0.3) is 0 Å². The van der Waals surface area contributed by atoms with Crippen molar-refractivity contribution in [3.63, 3.8) is 0 Å². The summed E-state index contributed by atoms with van der Waals surface area (Å²) in [5, 5.41) is 17.2. The molecule has 0 unspecified atom stereocenters. The van der Waals surface area contributed by atoms with Crippen LogP contribution in [0.1, 0.15) is 35.4 Å². The zero-order chi connectivity index (χ0) is 20.7. The molecule has 0 aromatic heterocycles. The van der Waals surface area contributed by atoms with Gasteiger partial charge in [-0.15, -0.1) is 0 Å². The second-order valence-electron chi connectivity index (χ2n) is 7.28. The molecule has 0 fully saturated rings. The van der Waals surface area contributed by atoms with Crippen molar-refractivity contribution in [2.75, 3.05) is 14.2 Å². The topological polar surface area (TPSA) is 63.5 Å². The van der Waals surface area contributed by atoms with E-state index in [-0.39, 0.29) is 11.8 Å². The maximum atomic E-state index is 10.4. The lowest BCUT2D eigenvalue weighted by atomic mass is 9.95. The molecule has 0 spiro atoms. The Morgan fingerprint density at radius 2 is 1.77 bits per heavy atom. The fourth-order valence-corrected chi connectivity index (χ4v) is 4.14. The number of hydrazone groups is 1. The number of nitrogens with zero attached hydrogens (tertiary/aromatic N) is 2. The Morgan fingerprint density at radius 1 is 0.967 bits per heavy atom. The first kappa shape index (κ1) is 18.4. The monoisotopic (exact) mass is 402 g/mol. The normalized spacial score (nSPS) is 19.4. The Labute approximate surface area is 174 Å². The average Bonchev–Trinajstić information content (AvgIpc) is 3.24. The van der Waals surface area contributed by atoms with Gasteiger partial charge in [-0.1, -0.05) is 30.3 Å². The third-order valence-electron chi connectivity index (χ3n) is 5.62. The second kappa shape index (κ2) is 7.30. The molecule has 30 heavy (non-hydrogen) atoms. The van der Waals surface area contributed by atoms with E-state index in [0.717, 1.165) is 28.2 Å². The fourth-order valence-electron chi connectivity index (χ4n) is 4.14. The summed E-state index contributed by atoms with van der Waals surface area (Å²) >= 11 is 0. The first-order valence-electron chi connectivity index (χ1n) is 9.81. The lowest BCUT2D eigenvalue weighted by molar-refractivity contribution is -0.0203. The number of phenolic OH excluding ortho intramolecular Hbond substituents is 1. The van der Waals surface area contributed by atoms with Gasteiger partial charge in [0.05, 0.1) is 31.5 Å². The number of hydrogen-bond donors (Lipinski definition) is 1. The molecule has 0 saturated carbocycles. The van der Waals surface area contributed by atoms with Crippen LogP contribution in [-0.4, -0.2) is 30.0 Å². The quantitative estimate of drug-likeness (QED) is 0.688. The molecule has 2 heterocycles. The number of benzene rings is 3. The molecule has 3 aromatic rings. The molecule has 0 aliphatic carbocycles. The molecule has 2 aliphatic heterocycles. The predicted octanol–water partition coefficient (Wildman–Crippen LogP) is 4.65. The zero-order valence-electron chi connectivity index (χ0n) is 16.8. The van der Waals surface area contributed by atoms with Gasteiger partial charge in [-0.25, -0.2) is 5.01 Å². The standard InChI is InChI=1S/C24H22N2O4/c1-28-15-11-12-18(23(13-15)29-2)24-26-20(17-8-4-6-10-22(17)30-24)14-19(25-26)16-7-3-5-9-21(16)27/h3-13,20,24,27H,14H2,1-2H3/t20-,24-/m1/s1. The van der Waals surface area contributed by atoms with Crippen LogP contribution >= 0.6 is 0 Å². The number of fused-ring (bicyclic) bond motifs is 3. The molecule has 1 N–H and O–H groups in total. The van der Waals surface area contributed by atoms with Crippen molar-refractivity contribution in [3.8, 4) is 23.0 Å². The van der Waals surface area contributed by atoms with Gasteiger partial charge < -0.3 is 19.3 Å². The number of phenols is 1. The van der Waals surface area contributed by atoms with Crippen LogP contribution in [0, 0.1) is 0 Å². The van der Waals surface area contributed by atoms with Gasteiger partial charge >= 0.3 is 0 Å². The summed E-state index contributed by atoms with van der Waals surface area (Å²) in [5.74, 6) is 2.44. The molecule has 2 aliphatic rings. The van der Waals surface area contributed by atoms with Crippen LogP contribution in [-0.2, 0) is 0 Å². The number of aromatic hydroxyl groups is 1. The molecule has 152 valence electrons. The van der Waals surface area contributed by atoms with E-state index >= 15 is 0 Å². The van der Waals surface area contributed by atoms with E-state index in [9.17, 15) is 5.11 Å². The molecule has 6 heteroatoms. The van der Waals surface area contributed by atoms with Crippen molar-refractivity contribution in [2.24, 2.45) is 5.10 Å². The van der Waals surface area contributed by atoms with Gasteiger partial charge in [-0.3, -0.25) is 0 Å². The van der Waals surface area contributed by atoms with E-state index < -0.39 is 6.23 Å². The fraction of sp³-hybridized carbons (Fsp3) is 0.208. The Kier molecular flexibility index (Phi) is 4.47. The molecule has 6 nitrogen and oxygen atoms in total. The average molecular weight is 402 g/mol. The maximum absolute atomic E-state index is 10.4. The minimum absolute atomic E-state index is 0.00126. The molecule has 0 amide bonds. The Balaban J connectivity index is 1.63. The summed E-state index contributed by atoms with van der Waals surface area (Å²) in [6, 6.07) is 21.0. The highest BCUT2D eigenvalue weighted by Gasteiger charge is 2.42. The van der Waals surface area contributed by atoms with Crippen molar-refractivity contribution in [2.45, 2.75) is 18.7 Å². The molecule has 5 rings (SSSR count). The second-order valence-corrected chi connectivity index (χ2v) is 7.28. The van der Waals surface area contributed by atoms with E-state index in [4.69, 9.17) is 19.3 Å². The number of methoxy groups -OCH3 is 2. The van der Waals surface area contributed by atoms with Gasteiger partial charge in [-0.2, -0.15) is 5.10 Å². The lowest BCUT2D eigenvalue weighted by Crippen LogP contribution is -2.33. The maximum Gasteiger partial charge on any atom is 0.217 e. The molecule has 3 aromatic carbocycles. The van der Waals surface area contributed by atoms with Crippen LogP contribution in [0.2, 0.25) is 0 Å². The van der Waals surface area contributed by atoms with Gasteiger partial charge in [-0.05, 0) is 30.3 Å². The van der Waals surface area contributed by atoms with Crippen molar-refractivity contribution < 1.29 is 19.3 Å². The Bertz CT molecular complexity index is 1130. The third kappa shape index (κ3) is 2.92. The summed E-state index contributed by atoms with van der Waals surface area (Å²) in [6.45, 7) is 0. The van der Waals surface area contributed by atoms with E-state index in [2.05, 4.69) is 6.07 Å². The van der Waals surface area contributed by atoms with E-state index in [1.54, 1.807) is 20.3 Å². The molecule has 0 bridgehead atoms. The Hall–Kier alpha value is -3.67. The highest BCUT2D eigenvalue weighted by Crippen LogP contribution is 2.49. The molecular formula is C24H22N2O4. The summed E-state index contributed by atoms with van der Waals surface area (Å²) in [5.41, 5.74) is 3.51. The van der Waals surface area contributed by atoms with Crippen molar-refractivity contribution >= 4 is 5.71 Å². The zero-order valence-corrected chi connectivity index (χ0v) is 16.8. The van der Waals surface area contributed by atoms with Gasteiger partial charge in [0.1, 0.15) is 23.0 Å². The van der Waals surface area contributed by atoms with Crippen LogP contribution in [0.5, 0.6) is 23.0 Å². The molecule has 0 radical (unpaired) electrons. The lowest BCUT2D eigenvalue weighted by Gasteiger charge is -2.38. The van der Waals surface area contributed by atoms with Crippen LogP contribution in [0.4, 0.5) is 0 Å². The minimum Gasteiger partial charge on any atom is -0.507 e. The predicted molar refractivity (Wildman–Crippen MR) is 113 cm³/mol. The van der Waals surface area contributed by atoms with Crippen molar-refractivity contribution in [1.82, 2.24) is 5.01 Å². The molecule has 2 atom stereocenters. The largest absolute Gasteiger partial charge is 0.507 e. The number of rotatable bonds is 4. The number of para-hydroxylation sites is 2. The minimum atomic E-state index is -0.464. The van der Waals surface area contributed by atoms with E-state index in [0.29, 0.717) is 17.9 Å². The van der Waals surface area contributed by atoms with Crippen LogP contribution in [0.3, 0.4) is 0 Å². The van der Waals surface area contributed by atoms with Crippen LogP contribution in [0.15, 0.2) is 71.8 Å². The Morgan fingerprint density at radius 3 is 2.57 bits per heavy atom. The van der Waals surface area contributed by atoms with Gasteiger partial charge in [0, 0.05) is 23.6 Å². The van der Waals surface area contributed by atoms with Gasteiger partial charge in [0.15, 0.2) is 0 Å². The van der Waals surface area contributed by atoms with Crippen LogP contribution in [0.25, 0.3) is 0 Å².